The predicted octanol–water partition coefficient (Wildman–Crippen LogP) is 8.48. The summed E-state index contributed by atoms with van der Waals surface area (Å²) in [4.78, 5) is 0. The molecule has 0 aliphatic carbocycles. The molecule has 0 fully saturated rings. The van der Waals surface area contributed by atoms with Crippen molar-refractivity contribution in [2.75, 3.05) is 0 Å². The molecule has 0 saturated heterocycles. The Morgan fingerprint density at radius 2 is 0.762 bits per heavy atom. The summed E-state index contributed by atoms with van der Waals surface area (Å²) in [5.74, 6) is 0. The van der Waals surface area contributed by atoms with Crippen molar-refractivity contribution < 1.29 is 13.2 Å². The van der Waals surface area contributed by atoms with Gasteiger partial charge in [-0.05, 0) is 11.6 Å². The minimum atomic E-state index is -4.23. The fourth-order valence-electron chi connectivity index (χ4n) is 1.18. The summed E-state index contributed by atoms with van der Waals surface area (Å²) in [5, 5.41) is -4.23. The van der Waals surface area contributed by atoms with Crippen LogP contribution in [-0.2, 0) is 0 Å². The van der Waals surface area contributed by atoms with E-state index < -0.39 is 9.97 Å². The molecule has 0 aliphatic heterocycles. The Balaban J connectivity index is -0.000000234. The van der Waals surface area contributed by atoms with Gasteiger partial charge in [-0.15, -0.1) is 0 Å². The number of alkyl halides is 6. The molecule has 0 aliphatic rings. The smallest absolute Gasteiger partial charge is 0.199 e. The lowest BCUT2D eigenvalue weighted by atomic mass is 10.2. The first-order valence-corrected chi connectivity index (χ1v) is 8.85. The van der Waals surface area contributed by atoms with E-state index in [4.69, 9.17) is 0 Å². The average molecular weight is 374 g/mol. The first kappa shape index (κ1) is 26.6. The van der Waals surface area contributed by atoms with Crippen LogP contribution in [0.3, 0.4) is 0 Å². The zero-order valence-electron chi connectivity index (χ0n) is 13.6. The van der Waals surface area contributed by atoms with Crippen LogP contribution in [-0.4, -0.2) is 9.97 Å². The van der Waals surface area contributed by atoms with Gasteiger partial charge in [0.25, 0.3) is 0 Å². The van der Waals surface area contributed by atoms with Gasteiger partial charge < -0.3 is 0 Å². The molecule has 21 heavy (non-hydrogen) atoms. The summed E-state index contributed by atoms with van der Waals surface area (Å²) in [5.41, 5.74) is 0. The van der Waals surface area contributed by atoms with E-state index in [0.29, 0.717) is 0 Å². The van der Waals surface area contributed by atoms with Gasteiger partial charge in [0.2, 0.25) is 0 Å². The molecule has 0 bridgehead atoms. The second-order valence-electron chi connectivity index (χ2n) is 4.76. The van der Waals surface area contributed by atoms with E-state index in [1.165, 1.54) is 57.8 Å². The van der Waals surface area contributed by atoms with Crippen LogP contribution in [0.4, 0.5) is 13.2 Å². The largest absolute Gasteiger partial charge is 0.383 e. The highest BCUT2D eigenvalue weighted by Crippen LogP contribution is 2.42. The van der Waals surface area contributed by atoms with Crippen LogP contribution in [0.1, 0.15) is 85.5 Å². The molecule has 0 heterocycles. The standard InChI is InChI=1S/C7H16.C6H14.C2Cl3F3/c1-3-5-7-6-4-2;1-3-5-6-4-2;3-1(4,6)2(5,7)8/h3-7H2,1-2H3;3-6H2,1-2H3;. The molecule has 0 unspecified atom stereocenters. The first-order chi connectivity index (χ1) is 9.58. The number of rotatable bonds is 8. The van der Waals surface area contributed by atoms with Crippen molar-refractivity contribution >= 4 is 34.8 Å². The Hall–Kier alpha value is 0.660. The Morgan fingerprint density at radius 3 is 0.905 bits per heavy atom. The summed E-state index contributed by atoms with van der Waals surface area (Å²) < 4.78 is 30.6. The monoisotopic (exact) mass is 372 g/mol. The van der Waals surface area contributed by atoms with Gasteiger partial charge in [0.15, 0.2) is 0 Å². The lowest BCUT2D eigenvalue weighted by molar-refractivity contribution is 0.0241. The third kappa shape index (κ3) is 25.9. The van der Waals surface area contributed by atoms with E-state index in [1.54, 1.807) is 0 Å². The van der Waals surface area contributed by atoms with E-state index in [0.717, 1.165) is 0 Å². The maximum Gasteiger partial charge on any atom is 0.383 e. The van der Waals surface area contributed by atoms with Crippen molar-refractivity contribution in [3.8, 4) is 0 Å². The molecule has 0 saturated carbocycles. The van der Waals surface area contributed by atoms with Gasteiger partial charge in [0.05, 0.1) is 0 Å². The number of halogens is 6. The second kappa shape index (κ2) is 17.0. The second-order valence-corrected chi connectivity index (χ2v) is 6.47. The zero-order chi connectivity index (χ0) is 17.4. The molecule has 0 amide bonds. The topological polar surface area (TPSA) is 0 Å². The molecular weight excluding hydrogens is 344 g/mol. The zero-order valence-corrected chi connectivity index (χ0v) is 15.9. The van der Waals surface area contributed by atoms with E-state index >= 15 is 0 Å². The first-order valence-electron chi connectivity index (χ1n) is 7.71. The third-order valence-electron chi connectivity index (χ3n) is 2.49. The predicted molar refractivity (Wildman–Crippen MR) is 90.6 cm³/mol. The molecule has 6 heteroatoms. The van der Waals surface area contributed by atoms with Crippen LogP contribution in [0.2, 0.25) is 0 Å². The van der Waals surface area contributed by atoms with E-state index in [1.807, 2.05) is 0 Å². The van der Waals surface area contributed by atoms with Crippen molar-refractivity contribution in [2.24, 2.45) is 0 Å². The molecule has 0 N–H and O–H groups in total. The Morgan fingerprint density at radius 1 is 0.571 bits per heavy atom. The van der Waals surface area contributed by atoms with Crippen LogP contribution >= 0.6 is 34.8 Å². The van der Waals surface area contributed by atoms with Crippen molar-refractivity contribution in [2.45, 2.75) is 95.5 Å². The quantitative estimate of drug-likeness (QED) is 0.295. The average Bonchev–Trinajstić information content (AvgIpc) is 2.36. The van der Waals surface area contributed by atoms with Gasteiger partial charge in [-0.1, -0.05) is 109 Å². The Labute approximate surface area is 143 Å². The minimum Gasteiger partial charge on any atom is -0.199 e. The van der Waals surface area contributed by atoms with E-state index in [-0.39, 0.29) is 0 Å². The lowest BCUT2D eigenvalue weighted by Gasteiger charge is -2.13. The summed E-state index contributed by atoms with van der Waals surface area (Å²) >= 11 is 12.5. The summed E-state index contributed by atoms with van der Waals surface area (Å²) in [7, 11) is 0. The molecule has 0 rings (SSSR count). The number of unbranched alkanes of at least 4 members (excludes halogenated alkanes) is 7. The molecule has 0 radical (unpaired) electrons. The van der Waals surface area contributed by atoms with Gasteiger partial charge in [-0.2, -0.15) is 13.2 Å². The Bertz CT molecular complexity index is 170. The highest BCUT2D eigenvalue weighted by molar-refractivity contribution is 6.51. The van der Waals surface area contributed by atoms with Gasteiger partial charge in [-0.25, -0.2) is 0 Å². The van der Waals surface area contributed by atoms with Gasteiger partial charge >= 0.3 is 9.97 Å². The molecule has 0 atom stereocenters. The molecular formula is C15H30Cl3F3. The number of hydrogen-bond acceptors (Lipinski definition) is 0. The lowest BCUT2D eigenvalue weighted by Crippen LogP contribution is -2.27. The maximum absolute atomic E-state index is 11.5. The molecule has 0 aromatic heterocycles. The molecule has 0 aromatic rings. The van der Waals surface area contributed by atoms with E-state index in [2.05, 4.69) is 62.5 Å². The van der Waals surface area contributed by atoms with Gasteiger partial charge in [-0.3, -0.25) is 0 Å². The van der Waals surface area contributed by atoms with Crippen molar-refractivity contribution in [1.82, 2.24) is 0 Å². The number of hydrogen-bond donors (Lipinski definition) is 0. The van der Waals surface area contributed by atoms with Crippen molar-refractivity contribution in [3.63, 3.8) is 0 Å². The highest BCUT2D eigenvalue weighted by Gasteiger charge is 2.51. The fraction of sp³-hybridized carbons (Fsp3) is 1.00. The van der Waals surface area contributed by atoms with Crippen LogP contribution in [0.15, 0.2) is 0 Å². The van der Waals surface area contributed by atoms with Crippen LogP contribution in [0.25, 0.3) is 0 Å². The summed E-state index contributed by atoms with van der Waals surface area (Å²) in [6.07, 6.45) is 12.5. The van der Waals surface area contributed by atoms with Crippen LogP contribution in [0.5, 0.6) is 0 Å². The third-order valence-corrected chi connectivity index (χ3v) is 3.41. The van der Waals surface area contributed by atoms with Crippen LogP contribution < -0.4 is 0 Å². The molecule has 0 spiro atoms. The minimum absolute atomic E-state index is 1.36. The summed E-state index contributed by atoms with van der Waals surface area (Å²) in [6, 6.07) is 0. The Kier molecular flexibility index (Phi) is 21.5. The van der Waals surface area contributed by atoms with E-state index in [9.17, 15) is 13.2 Å². The SMILES string of the molecule is CCCCCC.CCCCCCC.FC(F)(Cl)C(F)(Cl)Cl. The highest BCUT2D eigenvalue weighted by atomic mass is 35.5. The molecule has 0 nitrogen and oxygen atoms in total. The van der Waals surface area contributed by atoms with Crippen LogP contribution in [0, 0.1) is 0 Å². The van der Waals surface area contributed by atoms with Gasteiger partial charge in [0, 0.05) is 0 Å². The van der Waals surface area contributed by atoms with Crippen molar-refractivity contribution in [3.05, 3.63) is 0 Å². The van der Waals surface area contributed by atoms with Gasteiger partial charge in [0.1, 0.15) is 0 Å². The normalized spacial score (nSPS) is 11.1. The molecule has 0 aromatic carbocycles. The maximum atomic E-state index is 11.5. The van der Waals surface area contributed by atoms with Crippen molar-refractivity contribution in [1.29, 1.82) is 0 Å². The molecule has 132 valence electrons. The fourth-order valence-corrected chi connectivity index (χ4v) is 1.18. The summed E-state index contributed by atoms with van der Waals surface area (Å²) in [6.45, 7) is 8.95.